The topological polar surface area (TPSA) is 54.3 Å². The Balaban J connectivity index is 2.85. The molecule has 0 aliphatic carbocycles. The SMILES string of the molecule is COC(=O)C(F)(c1cccc(-c2ccccc2)c1N=NN(C(C)C)C(C)C)C(F)(F)F. The van der Waals surface area contributed by atoms with Gasteiger partial charge in [-0.25, -0.2) is 9.18 Å². The highest BCUT2D eigenvalue weighted by molar-refractivity contribution is 5.88. The molecule has 2 aromatic rings. The van der Waals surface area contributed by atoms with Gasteiger partial charge in [0.05, 0.1) is 7.11 Å². The second-order valence-electron chi connectivity index (χ2n) is 7.47. The van der Waals surface area contributed by atoms with E-state index in [0.717, 1.165) is 6.07 Å². The lowest BCUT2D eigenvalue weighted by molar-refractivity contribution is -0.241. The minimum Gasteiger partial charge on any atom is -0.466 e. The van der Waals surface area contributed by atoms with Crippen molar-refractivity contribution in [2.24, 2.45) is 10.3 Å². The average Bonchev–Trinajstić information content (AvgIpc) is 2.71. The van der Waals surface area contributed by atoms with Crippen molar-refractivity contribution >= 4 is 11.7 Å². The van der Waals surface area contributed by atoms with Gasteiger partial charge in [0.25, 0.3) is 0 Å². The molecule has 0 saturated heterocycles. The first-order valence-corrected chi connectivity index (χ1v) is 9.68. The Bertz CT molecular complexity index is 922. The van der Waals surface area contributed by atoms with Crippen molar-refractivity contribution in [2.45, 2.75) is 51.6 Å². The van der Waals surface area contributed by atoms with Crippen LogP contribution in [0.3, 0.4) is 0 Å². The molecule has 0 saturated carbocycles. The molecule has 168 valence electrons. The van der Waals surface area contributed by atoms with E-state index in [2.05, 4.69) is 15.1 Å². The van der Waals surface area contributed by atoms with Crippen molar-refractivity contribution < 1.29 is 27.1 Å². The number of hydrogen-bond acceptors (Lipinski definition) is 4. The summed E-state index contributed by atoms with van der Waals surface area (Å²) in [5, 5.41) is 9.68. The van der Waals surface area contributed by atoms with Crippen LogP contribution in [0.4, 0.5) is 23.2 Å². The third-order valence-corrected chi connectivity index (χ3v) is 4.66. The molecule has 1 unspecified atom stereocenters. The maximum absolute atomic E-state index is 15.5. The summed E-state index contributed by atoms with van der Waals surface area (Å²) in [4.78, 5) is 12.0. The first kappa shape index (κ1) is 24.3. The lowest BCUT2D eigenvalue weighted by Crippen LogP contribution is -2.46. The first-order chi connectivity index (χ1) is 14.4. The van der Waals surface area contributed by atoms with Crippen LogP contribution < -0.4 is 0 Å². The van der Waals surface area contributed by atoms with E-state index in [0.29, 0.717) is 12.7 Å². The quantitative estimate of drug-likeness (QED) is 0.218. The maximum Gasteiger partial charge on any atom is 0.438 e. The molecular formula is C22H25F4N3O2. The van der Waals surface area contributed by atoms with E-state index in [4.69, 9.17) is 0 Å². The minimum atomic E-state index is -5.57. The zero-order valence-corrected chi connectivity index (χ0v) is 17.9. The molecule has 5 nitrogen and oxygen atoms in total. The minimum absolute atomic E-state index is 0.116. The van der Waals surface area contributed by atoms with Crippen molar-refractivity contribution in [3.05, 3.63) is 54.1 Å². The van der Waals surface area contributed by atoms with Gasteiger partial charge in [-0.1, -0.05) is 53.8 Å². The molecule has 0 spiro atoms. The second-order valence-corrected chi connectivity index (χ2v) is 7.47. The zero-order valence-electron chi connectivity index (χ0n) is 17.9. The molecule has 31 heavy (non-hydrogen) atoms. The molecule has 0 fully saturated rings. The number of alkyl halides is 4. The summed E-state index contributed by atoms with van der Waals surface area (Å²) in [6.07, 6.45) is -5.57. The van der Waals surface area contributed by atoms with Crippen LogP contribution in [-0.2, 0) is 15.2 Å². The van der Waals surface area contributed by atoms with Gasteiger partial charge in [-0.15, -0.1) is 5.11 Å². The van der Waals surface area contributed by atoms with E-state index in [9.17, 15) is 18.0 Å². The molecule has 0 radical (unpaired) electrons. The van der Waals surface area contributed by atoms with Gasteiger partial charge >= 0.3 is 17.8 Å². The van der Waals surface area contributed by atoms with Crippen LogP contribution in [0.5, 0.6) is 0 Å². The predicted octanol–water partition coefficient (Wildman–Crippen LogP) is 6.37. The lowest BCUT2D eigenvalue weighted by Gasteiger charge is -2.28. The summed E-state index contributed by atoms with van der Waals surface area (Å²) in [6.45, 7) is 7.36. The Labute approximate surface area is 178 Å². The van der Waals surface area contributed by atoms with E-state index in [1.807, 2.05) is 27.7 Å². The van der Waals surface area contributed by atoms with E-state index < -0.39 is 29.1 Å². The average molecular weight is 439 g/mol. The largest absolute Gasteiger partial charge is 0.466 e. The molecule has 0 heterocycles. The number of nitrogens with zero attached hydrogens (tertiary/aromatic N) is 3. The number of benzene rings is 2. The van der Waals surface area contributed by atoms with Crippen LogP contribution in [-0.4, -0.2) is 36.3 Å². The van der Waals surface area contributed by atoms with Crippen LogP contribution in [0, 0.1) is 0 Å². The highest BCUT2D eigenvalue weighted by Gasteiger charge is 2.65. The van der Waals surface area contributed by atoms with Crippen molar-refractivity contribution in [3.63, 3.8) is 0 Å². The molecule has 0 aliphatic rings. The molecule has 0 aromatic heterocycles. The van der Waals surface area contributed by atoms with Gasteiger partial charge in [-0.3, -0.25) is 5.01 Å². The van der Waals surface area contributed by atoms with Crippen molar-refractivity contribution in [3.8, 4) is 11.1 Å². The van der Waals surface area contributed by atoms with Crippen molar-refractivity contribution in [2.75, 3.05) is 7.11 Å². The van der Waals surface area contributed by atoms with Crippen LogP contribution in [0.15, 0.2) is 58.9 Å². The molecular weight excluding hydrogens is 414 g/mol. The van der Waals surface area contributed by atoms with Crippen molar-refractivity contribution in [1.82, 2.24) is 5.01 Å². The number of carbonyl (C=O) groups excluding carboxylic acids is 1. The second kappa shape index (κ2) is 9.45. The van der Waals surface area contributed by atoms with Gasteiger partial charge in [0.1, 0.15) is 5.69 Å². The van der Waals surface area contributed by atoms with Crippen LogP contribution >= 0.6 is 0 Å². The fourth-order valence-corrected chi connectivity index (χ4v) is 3.20. The molecule has 1 atom stereocenters. The zero-order chi connectivity index (χ0) is 23.4. The summed E-state index contributed by atoms with van der Waals surface area (Å²) in [6, 6.07) is 11.8. The molecule has 2 rings (SSSR count). The molecule has 0 amide bonds. The summed E-state index contributed by atoms with van der Waals surface area (Å²) in [5.41, 5.74) is -5.10. The molecule has 0 N–H and O–H groups in total. The lowest BCUT2D eigenvalue weighted by atomic mass is 9.89. The van der Waals surface area contributed by atoms with Gasteiger partial charge in [0.2, 0.25) is 0 Å². The van der Waals surface area contributed by atoms with Crippen LogP contribution in [0.25, 0.3) is 11.1 Å². The number of hydrogen-bond donors (Lipinski definition) is 0. The van der Waals surface area contributed by atoms with Gasteiger partial charge < -0.3 is 4.74 Å². The Morgan fingerprint density at radius 1 is 0.935 bits per heavy atom. The first-order valence-electron chi connectivity index (χ1n) is 9.68. The standard InChI is InChI=1S/C22H25F4N3O2/c1-14(2)29(15(3)4)28-27-19-17(16-10-7-6-8-11-16)12-9-13-18(19)21(23,20(30)31-5)22(24,25)26/h6-15H,1-5H3. The van der Waals surface area contributed by atoms with Gasteiger partial charge in [-0.2, -0.15) is 13.2 Å². The molecule has 0 aliphatic heterocycles. The number of carbonyl (C=O) groups is 1. The smallest absolute Gasteiger partial charge is 0.438 e. The predicted molar refractivity (Wildman–Crippen MR) is 109 cm³/mol. The molecule has 0 bridgehead atoms. The number of rotatable bonds is 7. The van der Waals surface area contributed by atoms with Gasteiger partial charge in [0, 0.05) is 23.2 Å². The highest BCUT2D eigenvalue weighted by atomic mass is 19.4. The van der Waals surface area contributed by atoms with Crippen LogP contribution in [0.1, 0.15) is 33.3 Å². The van der Waals surface area contributed by atoms with E-state index in [1.165, 1.54) is 12.1 Å². The normalized spacial score (nSPS) is 14.2. The van der Waals surface area contributed by atoms with E-state index in [-0.39, 0.29) is 17.6 Å². The Morgan fingerprint density at radius 3 is 2.00 bits per heavy atom. The summed E-state index contributed by atoms with van der Waals surface area (Å²) < 4.78 is 61.2. The number of esters is 1. The van der Waals surface area contributed by atoms with E-state index >= 15 is 4.39 Å². The van der Waals surface area contributed by atoms with E-state index in [1.54, 1.807) is 35.3 Å². The Kier molecular flexibility index (Phi) is 7.41. The Hall–Kier alpha value is -2.97. The Morgan fingerprint density at radius 2 is 1.52 bits per heavy atom. The monoisotopic (exact) mass is 439 g/mol. The van der Waals surface area contributed by atoms with Crippen molar-refractivity contribution in [1.29, 1.82) is 0 Å². The molecule has 9 heteroatoms. The number of ether oxygens (including phenoxy) is 1. The fraction of sp³-hybridized carbons (Fsp3) is 0.409. The summed E-state index contributed by atoms with van der Waals surface area (Å²) in [7, 11) is 0.698. The number of methoxy groups -OCH3 is 1. The summed E-state index contributed by atoms with van der Waals surface area (Å²) in [5.74, 6) is -2.08. The number of halogens is 4. The van der Waals surface area contributed by atoms with Gasteiger partial charge in [0.15, 0.2) is 0 Å². The maximum atomic E-state index is 15.5. The summed E-state index contributed by atoms with van der Waals surface area (Å²) >= 11 is 0. The fourth-order valence-electron chi connectivity index (χ4n) is 3.20. The third-order valence-electron chi connectivity index (χ3n) is 4.66. The molecule has 2 aromatic carbocycles. The van der Waals surface area contributed by atoms with Gasteiger partial charge in [-0.05, 0) is 33.3 Å². The third kappa shape index (κ3) is 4.86. The van der Waals surface area contributed by atoms with Crippen LogP contribution in [0.2, 0.25) is 0 Å². The highest BCUT2D eigenvalue weighted by Crippen LogP contribution is 2.49.